The van der Waals surface area contributed by atoms with Crippen molar-refractivity contribution in [1.82, 2.24) is 5.32 Å². The predicted octanol–water partition coefficient (Wildman–Crippen LogP) is 2.19. The molecule has 0 radical (unpaired) electrons. The second-order valence-corrected chi connectivity index (χ2v) is 6.80. The Labute approximate surface area is 126 Å². The van der Waals surface area contributed by atoms with Gasteiger partial charge in [-0.05, 0) is 25.7 Å². The maximum Gasteiger partial charge on any atom is 0.310 e. The molecule has 5 nitrogen and oxygen atoms in total. The van der Waals surface area contributed by atoms with E-state index in [1.807, 2.05) is 0 Å². The zero-order chi connectivity index (χ0) is 15.3. The van der Waals surface area contributed by atoms with E-state index in [0.29, 0.717) is 12.8 Å². The average molecular weight is 296 g/mol. The van der Waals surface area contributed by atoms with Crippen LogP contribution in [-0.4, -0.2) is 29.1 Å². The third-order valence-corrected chi connectivity index (χ3v) is 5.18. The molecule has 1 amide bonds. The quantitative estimate of drug-likeness (QED) is 0.693. The molecule has 0 heterocycles. The van der Waals surface area contributed by atoms with Gasteiger partial charge in [0, 0.05) is 18.5 Å². The van der Waals surface area contributed by atoms with Crippen LogP contribution in [0.15, 0.2) is 0 Å². The van der Waals surface area contributed by atoms with E-state index in [2.05, 4.69) is 5.32 Å². The summed E-state index contributed by atoms with van der Waals surface area (Å²) in [6.07, 6.45) is 9.35. The van der Waals surface area contributed by atoms with Crippen molar-refractivity contribution >= 4 is 11.9 Å². The summed E-state index contributed by atoms with van der Waals surface area (Å²) < 4.78 is 0. The van der Waals surface area contributed by atoms with Gasteiger partial charge in [0.15, 0.2) is 0 Å². The molecular formula is C16H28N2O3. The fraction of sp³-hybridized carbons (Fsp3) is 0.875. The molecule has 0 saturated heterocycles. The van der Waals surface area contributed by atoms with Gasteiger partial charge in [0.1, 0.15) is 0 Å². The Hall–Kier alpha value is -1.10. The zero-order valence-corrected chi connectivity index (χ0v) is 12.8. The van der Waals surface area contributed by atoms with Crippen LogP contribution in [0.3, 0.4) is 0 Å². The molecule has 4 N–H and O–H groups in total. The summed E-state index contributed by atoms with van der Waals surface area (Å²) in [4.78, 5) is 24.0. The van der Waals surface area contributed by atoms with E-state index < -0.39 is 11.4 Å². The summed E-state index contributed by atoms with van der Waals surface area (Å²) in [6, 6.07) is 0.0282. The van der Waals surface area contributed by atoms with Crippen molar-refractivity contribution in [3.8, 4) is 0 Å². The minimum Gasteiger partial charge on any atom is -0.481 e. The maximum absolute atomic E-state index is 12.3. The number of hydrogen-bond donors (Lipinski definition) is 3. The molecule has 2 atom stereocenters. The number of amides is 1. The molecule has 0 aromatic rings. The first-order chi connectivity index (χ1) is 10.0. The Bertz CT molecular complexity index is 376. The topological polar surface area (TPSA) is 92.4 Å². The first-order valence-electron chi connectivity index (χ1n) is 8.32. The van der Waals surface area contributed by atoms with E-state index in [0.717, 1.165) is 51.4 Å². The lowest BCUT2D eigenvalue weighted by atomic mass is 9.77. The van der Waals surface area contributed by atoms with Crippen molar-refractivity contribution in [1.29, 1.82) is 0 Å². The van der Waals surface area contributed by atoms with Crippen LogP contribution in [0, 0.1) is 5.41 Å². The van der Waals surface area contributed by atoms with E-state index in [4.69, 9.17) is 5.73 Å². The second kappa shape index (κ2) is 7.25. The number of nitrogens with two attached hydrogens (primary N) is 1. The Balaban J connectivity index is 1.96. The molecule has 2 rings (SSSR count). The van der Waals surface area contributed by atoms with Crippen LogP contribution in [0.4, 0.5) is 0 Å². The third kappa shape index (κ3) is 4.19. The predicted molar refractivity (Wildman–Crippen MR) is 80.8 cm³/mol. The summed E-state index contributed by atoms with van der Waals surface area (Å²) in [5.41, 5.74) is 5.19. The number of carboxylic acid groups (broad SMARTS) is 1. The summed E-state index contributed by atoms with van der Waals surface area (Å²) >= 11 is 0. The molecule has 0 bridgehead atoms. The van der Waals surface area contributed by atoms with Crippen LogP contribution in [0.5, 0.6) is 0 Å². The van der Waals surface area contributed by atoms with Gasteiger partial charge in [0.05, 0.1) is 5.41 Å². The highest BCUT2D eigenvalue weighted by Gasteiger charge is 2.41. The molecule has 2 unspecified atom stereocenters. The number of nitrogens with one attached hydrogen (secondary N) is 1. The van der Waals surface area contributed by atoms with Crippen molar-refractivity contribution in [2.45, 2.75) is 82.7 Å². The van der Waals surface area contributed by atoms with Gasteiger partial charge >= 0.3 is 5.97 Å². The van der Waals surface area contributed by atoms with Crippen LogP contribution in [0.25, 0.3) is 0 Å². The van der Waals surface area contributed by atoms with Crippen LogP contribution in [0.2, 0.25) is 0 Å². The molecule has 2 fully saturated rings. The van der Waals surface area contributed by atoms with Crippen molar-refractivity contribution in [3.63, 3.8) is 0 Å². The number of hydrogen-bond acceptors (Lipinski definition) is 3. The minimum atomic E-state index is -0.862. The van der Waals surface area contributed by atoms with Gasteiger partial charge in [-0.1, -0.05) is 38.5 Å². The molecule has 2 saturated carbocycles. The standard InChI is InChI=1S/C16H28N2O3/c17-12-7-3-4-8-13(12)18-14(19)11-16(15(20)21)9-5-1-2-6-10-16/h12-13H,1-11,17H2,(H,18,19)(H,20,21). The smallest absolute Gasteiger partial charge is 0.310 e. The molecule has 120 valence electrons. The van der Waals surface area contributed by atoms with Crippen molar-refractivity contribution in [2.24, 2.45) is 11.1 Å². The molecule has 2 aliphatic rings. The monoisotopic (exact) mass is 296 g/mol. The Morgan fingerprint density at radius 1 is 1.05 bits per heavy atom. The van der Waals surface area contributed by atoms with Gasteiger partial charge in [-0.15, -0.1) is 0 Å². The Morgan fingerprint density at radius 3 is 2.24 bits per heavy atom. The number of rotatable bonds is 4. The Kier molecular flexibility index (Phi) is 5.62. The fourth-order valence-corrected chi connectivity index (χ4v) is 3.78. The highest BCUT2D eigenvalue weighted by Crippen LogP contribution is 2.38. The van der Waals surface area contributed by atoms with E-state index in [-0.39, 0.29) is 24.4 Å². The van der Waals surface area contributed by atoms with Gasteiger partial charge in [0.25, 0.3) is 0 Å². The molecule has 0 aromatic carbocycles. The largest absolute Gasteiger partial charge is 0.481 e. The first-order valence-corrected chi connectivity index (χ1v) is 8.32. The van der Waals surface area contributed by atoms with Gasteiger partial charge in [-0.3, -0.25) is 9.59 Å². The number of carbonyl (C=O) groups excluding carboxylic acids is 1. The lowest BCUT2D eigenvalue weighted by molar-refractivity contribution is -0.153. The molecule has 0 aliphatic heterocycles. The van der Waals surface area contributed by atoms with Crippen molar-refractivity contribution in [3.05, 3.63) is 0 Å². The van der Waals surface area contributed by atoms with Gasteiger partial charge < -0.3 is 16.2 Å². The van der Waals surface area contributed by atoms with Crippen LogP contribution in [-0.2, 0) is 9.59 Å². The SMILES string of the molecule is NC1CCCCC1NC(=O)CC1(C(=O)O)CCCCCC1. The summed E-state index contributed by atoms with van der Waals surface area (Å²) in [6.45, 7) is 0. The van der Waals surface area contributed by atoms with Crippen molar-refractivity contribution in [2.75, 3.05) is 0 Å². The molecule has 0 spiro atoms. The van der Waals surface area contributed by atoms with Gasteiger partial charge in [-0.25, -0.2) is 0 Å². The highest BCUT2D eigenvalue weighted by molar-refractivity contribution is 5.85. The lowest BCUT2D eigenvalue weighted by Crippen LogP contribution is -2.50. The van der Waals surface area contributed by atoms with Gasteiger partial charge in [0.2, 0.25) is 5.91 Å². The Morgan fingerprint density at radius 2 is 1.67 bits per heavy atom. The van der Waals surface area contributed by atoms with Crippen molar-refractivity contribution < 1.29 is 14.7 Å². The van der Waals surface area contributed by atoms with Crippen LogP contribution < -0.4 is 11.1 Å². The van der Waals surface area contributed by atoms with Crippen LogP contribution in [0.1, 0.15) is 70.6 Å². The molecule has 0 aromatic heterocycles. The second-order valence-electron chi connectivity index (χ2n) is 6.80. The summed E-state index contributed by atoms with van der Waals surface area (Å²) in [7, 11) is 0. The molecule has 21 heavy (non-hydrogen) atoms. The number of carbonyl (C=O) groups is 2. The van der Waals surface area contributed by atoms with E-state index in [9.17, 15) is 14.7 Å². The highest BCUT2D eigenvalue weighted by atomic mass is 16.4. The van der Waals surface area contributed by atoms with E-state index in [1.165, 1.54) is 0 Å². The van der Waals surface area contributed by atoms with E-state index in [1.54, 1.807) is 0 Å². The maximum atomic E-state index is 12.3. The fourth-order valence-electron chi connectivity index (χ4n) is 3.78. The lowest BCUT2D eigenvalue weighted by Gasteiger charge is -2.32. The summed E-state index contributed by atoms with van der Waals surface area (Å²) in [5, 5.41) is 12.6. The third-order valence-electron chi connectivity index (χ3n) is 5.18. The van der Waals surface area contributed by atoms with Crippen LogP contribution >= 0.6 is 0 Å². The normalized spacial score (nSPS) is 29.4. The average Bonchev–Trinajstić information content (AvgIpc) is 2.68. The molecular weight excluding hydrogens is 268 g/mol. The molecule has 5 heteroatoms. The van der Waals surface area contributed by atoms with E-state index >= 15 is 0 Å². The van der Waals surface area contributed by atoms with Gasteiger partial charge in [-0.2, -0.15) is 0 Å². The number of aliphatic carboxylic acids is 1. The summed E-state index contributed by atoms with van der Waals surface area (Å²) in [5.74, 6) is -0.950. The molecule has 2 aliphatic carbocycles. The number of carboxylic acids is 1. The minimum absolute atomic E-state index is 0.0117. The first kappa shape index (κ1) is 16.3. The zero-order valence-electron chi connectivity index (χ0n) is 12.8.